The monoisotopic (exact) mass is 782 g/mol. The van der Waals surface area contributed by atoms with Gasteiger partial charge in [0.25, 0.3) is 0 Å². The molecule has 4 rings (SSSR count). The van der Waals surface area contributed by atoms with Gasteiger partial charge < -0.3 is 70.1 Å². The van der Waals surface area contributed by atoms with Crippen molar-refractivity contribution in [3.8, 4) is 5.75 Å². The van der Waals surface area contributed by atoms with Crippen LogP contribution in [-0.4, -0.2) is 139 Å². The molecule has 1 amide bonds. The highest BCUT2D eigenvalue weighted by molar-refractivity contribution is 5.84. The number of ether oxygens (including phenoxy) is 4. The maximum absolute atomic E-state index is 12.5. The van der Waals surface area contributed by atoms with Gasteiger partial charge >= 0.3 is 0 Å². The highest BCUT2D eigenvalue weighted by atomic mass is 16.7. The number of aromatic nitrogens is 1. The largest absolute Gasteiger partial charge is 0.462 e. The van der Waals surface area contributed by atoms with Crippen LogP contribution in [0.2, 0.25) is 0 Å². The first kappa shape index (κ1) is 45.3. The third-order valence-corrected chi connectivity index (χ3v) is 10.7. The number of fused-ring (bicyclic) bond motifs is 1. The van der Waals surface area contributed by atoms with Crippen LogP contribution < -0.4 is 10.1 Å². The summed E-state index contributed by atoms with van der Waals surface area (Å²) in [6.07, 6.45) is 4.14. The van der Waals surface area contributed by atoms with E-state index in [0.717, 1.165) is 48.6 Å². The Labute approximate surface area is 324 Å². The van der Waals surface area contributed by atoms with E-state index in [9.17, 15) is 45.6 Å². The van der Waals surface area contributed by atoms with E-state index >= 15 is 0 Å². The normalized spacial score (nSPS) is 29.0. The van der Waals surface area contributed by atoms with Crippen molar-refractivity contribution in [2.75, 3.05) is 19.8 Å². The molecule has 2 aliphatic rings. The molecule has 1 aromatic heterocycles. The molecule has 55 heavy (non-hydrogen) atoms. The zero-order valence-corrected chi connectivity index (χ0v) is 32.2. The molecule has 11 atom stereocenters. The number of hydrogen-bond acceptors (Lipinski definition) is 13. The molecule has 10 N–H and O–H groups in total. The maximum Gasteiger partial charge on any atom is 0.229 e. The molecule has 2 aliphatic heterocycles. The van der Waals surface area contributed by atoms with E-state index in [4.69, 9.17) is 18.9 Å². The number of hydrogen-bond donors (Lipinski definition) is 10. The molecular weight excluding hydrogens is 716 g/mol. The van der Waals surface area contributed by atoms with Gasteiger partial charge in [0, 0.05) is 30.1 Å². The molecule has 0 radical (unpaired) electrons. The number of aromatic amines is 1. The Balaban J connectivity index is 1.13. The smallest absolute Gasteiger partial charge is 0.229 e. The fraction of sp³-hybridized carbons (Fsp3) is 0.775. The Bertz CT molecular complexity index is 1380. The van der Waals surface area contributed by atoms with Crippen molar-refractivity contribution in [1.29, 1.82) is 0 Å². The van der Waals surface area contributed by atoms with Crippen molar-refractivity contribution >= 4 is 16.8 Å². The molecule has 2 aromatic rings. The number of unbranched alkanes of at least 4 members (excludes halogenated alkanes) is 12. The molecule has 2 fully saturated rings. The van der Waals surface area contributed by atoms with Gasteiger partial charge in [-0.2, -0.15) is 0 Å². The average Bonchev–Trinajstić information content (AvgIpc) is 3.57. The quantitative estimate of drug-likeness (QED) is 0.0650. The molecule has 1 aromatic carbocycles. The summed E-state index contributed by atoms with van der Waals surface area (Å²) in [5, 5.41) is 84.6. The number of H-pyrrole nitrogens is 1. The minimum atomic E-state index is -1.68. The van der Waals surface area contributed by atoms with Crippen LogP contribution in [-0.2, 0) is 25.4 Å². The van der Waals surface area contributed by atoms with Crippen molar-refractivity contribution in [3.63, 3.8) is 0 Å². The topological polar surface area (TPSA) is 244 Å². The summed E-state index contributed by atoms with van der Waals surface area (Å²) in [5.41, 5.74) is 1.78. The molecule has 0 bridgehead atoms. The summed E-state index contributed by atoms with van der Waals surface area (Å²) in [6.45, 7) is 1.21. The molecular formula is C40H66N2O13. The Morgan fingerprint density at radius 2 is 1.33 bits per heavy atom. The third kappa shape index (κ3) is 14.2. The third-order valence-electron chi connectivity index (χ3n) is 10.7. The van der Waals surface area contributed by atoms with E-state index < -0.39 is 74.6 Å². The molecule has 314 valence electrons. The second-order valence-corrected chi connectivity index (χ2v) is 15.3. The molecule has 0 saturated carbocycles. The van der Waals surface area contributed by atoms with Crippen LogP contribution in [0.3, 0.4) is 0 Å². The second-order valence-electron chi connectivity index (χ2n) is 15.3. The highest BCUT2D eigenvalue weighted by Crippen LogP contribution is 2.30. The zero-order chi connectivity index (χ0) is 39.7. The van der Waals surface area contributed by atoms with Crippen LogP contribution in [0.15, 0.2) is 24.4 Å². The first-order valence-corrected chi connectivity index (χ1v) is 20.3. The van der Waals surface area contributed by atoms with Gasteiger partial charge in [-0.3, -0.25) is 4.79 Å². The van der Waals surface area contributed by atoms with Crippen LogP contribution in [0.25, 0.3) is 10.9 Å². The van der Waals surface area contributed by atoms with Gasteiger partial charge in [0.1, 0.15) is 54.6 Å². The molecule has 1 unspecified atom stereocenters. The fourth-order valence-electron chi connectivity index (χ4n) is 7.21. The van der Waals surface area contributed by atoms with Crippen molar-refractivity contribution in [2.45, 2.75) is 177 Å². The lowest BCUT2D eigenvalue weighted by Crippen LogP contribution is -2.62. The molecule has 15 heteroatoms. The SMILES string of the molecule is CC(O)CCCCCCCCCCCCCCCC(=O)NCCc1c[nH]c2ccc(O[C@H]3O[C@H](CO[C@H]4O[C@H](CO)[C@@H](O)[C@H](O)[C@H]4O)[C@@H](O)[C@H](O)[C@H]3O)cc12. The second kappa shape index (κ2) is 23.7. The van der Waals surface area contributed by atoms with Crippen LogP contribution in [0, 0.1) is 0 Å². The number of aliphatic hydroxyl groups excluding tert-OH is 8. The lowest BCUT2D eigenvalue weighted by atomic mass is 9.98. The van der Waals surface area contributed by atoms with Gasteiger partial charge in [-0.15, -0.1) is 0 Å². The Kier molecular flexibility index (Phi) is 19.5. The maximum atomic E-state index is 12.5. The number of nitrogens with one attached hydrogen (secondary N) is 2. The molecule has 2 saturated heterocycles. The first-order chi connectivity index (χ1) is 26.5. The number of carbonyl (C=O) groups excluding carboxylic acids is 1. The van der Waals surface area contributed by atoms with Crippen molar-refractivity contribution in [1.82, 2.24) is 10.3 Å². The number of benzene rings is 1. The molecule has 0 spiro atoms. The molecule has 3 heterocycles. The van der Waals surface area contributed by atoms with E-state index in [1.165, 1.54) is 57.8 Å². The van der Waals surface area contributed by atoms with Gasteiger partial charge in [-0.25, -0.2) is 0 Å². The lowest BCUT2D eigenvalue weighted by Gasteiger charge is -2.42. The van der Waals surface area contributed by atoms with Crippen molar-refractivity contribution in [3.05, 3.63) is 30.0 Å². The van der Waals surface area contributed by atoms with Crippen LogP contribution in [0.1, 0.15) is 109 Å². The summed E-state index contributed by atoms with van der Waals surface area (Å²) in [5.74, 6) is 0.346. The van der Waals surface area contributed by atoms with E-state index in [1.807, 2.05) is 13.1 Å². The van der Waals surface area contributed by atoms with Crippen molar-refractivity contribution < 1.29 is 64.6 Å². The van der Waals surface area contributed by atoms with Crippen LogP contribution in [0.4, 0.5) is 0 Å². The minimum absolute atomic E-state index is 0.0315. The fourth-order valence-corrected chi connectivity index (χ4v) is 7.21. The van der Waals surface area contributed by atoms with E-state index in [0.29, 0.717) is 25.1 Å². The van der Waals surface area contributed by atoms with Gasteiger partial charge in [0.15, 0.2) is 6.29 Å². The average molecular weight is 783 g/mol. The highest BCUT2D eigenvalue weighted by Gasteiger charge is 2.48. The number of carbonyl (C=O) groups is 1. The summed E-state index contributed by atoms with van der Waals surface area (Å²) in [7, 11) is 0. The van der Waals surface area contributed by atoms with Gasteiger partial charge in [-0.1, -0.05) is 77.0 Å². The predicted octanol–water partition coefficient (Wildman–Crippen LogP) is 2.06. The lowest BCUT2D eigenvalue weighted by molar-refractivity contribution is -0.323. The molecule has 0 aliphatic carbocycles. The predicted molar refractivity (Wildman–Crippen MR) is 203 cm³/mol. The first-order valence-electron chi connectivity index (χ1n) is 20.3. The van der Waals surface area contributed by atoms with Crippen molar-refractivity contribution in [2.24, 2.45) is 0 Å². The Morgan fingerprint density at radius 1 is 0.764 bits per heavy atom. The van der Waals surface area contributed by atoms with Crippen LogP contribution >= 0.6 is 0 Å². The standard InChI is InChI=1S/C40H66N2O13/c1-25(44)15-13-11-9-7-5-3-2-4-6-8-10-12-14-16-32(45)41-20-19-26-22-42-29-18-17-27(21-28(26)29)53-40-38(51)36(49)34(47)31(55-40)24-52-39-37(50)35(48)33(46)30(23-43)54-39/h17-18,21-22,25,30-31,33-40,42-44,46-51H,2-16,19-20,23-24H2,1H3,(H,41,45)/t25?,30-,31-,33-,34-,35+,36+,37-,38-,39+,40+/m1/s1. The van der Waals surface area contributed by atoms with E-state index in [2.05, 4.69) is 10.3 Å². The Morgan fingerprint density at radius 3 is 1.95 bits per heavy atom. The molecule has 15 nitrogen and oxygen atoms in total. The summed E-state index contributed by atoms with van der Waals surface area (Å²) in [4.78, 5) is 15.7. The van der Waals surface area contributed by atoms with Gasteiger partial charge in [0.05, 0.1) is 19.3 Å². The van der Waals surface area contributed by atoms with E-state index in [1.54, 1.807) is 18.2 Å². The van der Waals surface area contributed by atoms with E-state index in [-0.39, 0.29) is 12.0 Å². The minimum Gasteiger partial charge on any atom is -0.462 e. The number of aliphatic hydroxyl groups is 8. The summed E-state index contributed by atoms with van der Waals surface area (Å²) >= 11 is 0. The zero-order valence-electron chi connectivity index (χ0n) is 32.2. The van der Waals surface area contributed by atoms with Crippen LogP contribution in [0.5, 0.6) is 5.75 Å². The Hall–Kier alpha value is -2.41. The van der Waals surface area contributed by atoms with Gasteiger partial charge in [0.2, 0.25) is 12.2 Å². The summed E-state index contributed by atoms with van der Waals surface area (Å²) in [6, 6.07) is 5.19. The van der Waals surface area contributed by atoms with Gasteiger partial charge in [-0.05, 0) is 49.9 Å². The summed E-state index contributed by atoms with van der Waals surface area (Å²) < 4.78 is 22.5. The number of rotatable bonds is 25. The number of amides is 1.